The Bertz CT molecular complexity index is 1430. The summed E-state index contributed by atoms with van der Waals surface area (Å²) in [5, 5.41) is 15.7. The highest BCUT2D eigenvalue weighted by Gasteiger charge is 2.30. The molecule has 1 N–H and O–H groups in total. The van der Waals surface area contributed by atoms with Crippen molar-refractivity contribution in [3.8, 4) is 5.69 Å². The predicted octanol–water partition coefficient (Wildman–Crippen LogP) is 5.33. The van der Waals surface area contributed by atoms with Crippen LogP contribution in [0.4, 0.5) is 13.2 Å². The molecule has 1 amide bonds. The SMILES string of the molecule is Cn1cc2c3cc(C(=O)N(CCO)CC4CC=CCC4)ccc3n(-c3ccc(C(F)(F)F)cc3)c2n1. The number of aryl methyl sites for hydroxylation is 1. The summed E-state index contributed by atoms with van der Waals surface area (Å²) in [6.45, 7) is 0.719. The molecule has 0 radical (unpaired) electrons. The van der Waals surface area contributed by atoms with Crippen LogP contribution in [0.2, 0.25) is 0 Å². The summed E-state index contributed by atoms with van der Waals surface area (Å²) in [4.78, 5) is 15.2. The van der Waals surface area contributed by atoms with E-state index in [1.807, 2.05) is 18.3 Å². The van der Waals surface area contributed by atoms with Gasteiger partial charge in [0, 0.05) is 48.4 Å². The molecule has 188 valence electrons. The molecule has 2 heterocycles. The molecule has 0 fully saturated rings. The van der Waals surface area contributed by atoms with Crippen LogP contribution in [-0.4, -0.2) is 50.0 Å². The number of fused-ring (bicyclic) bond motifs is 3. The third-order valence-corrected chi connectivity index (χ3v) is 6.76. The molecule has 9 heteroatoms. The van der Waals surface area contributed by atoms with Gasteiger partial charge in [-0.2, -0.15) is 18.3 Å². The maximum absolute atomic E-state index is 13.5. The van der Waals surface area contributed by atoms with E-state index in [2.05, 4.69) is 17.3 Å². The largest absolute Gasteiger partial charge is 0.416 e. The number of rotatable bonds is 6. The highest BCUT2D eigenvalue weighted by Crippen LogP contribution is 2.34. The Morgan fingerprint density at radius 2 is 1.92 bits per heavy atom. The second-order valence-electron chi connectivity index (χ2n) is 9.28. The average Bonchev–Trinajstić information content (AvgIpc) is 3.38. The van der Waals surface area contributed by atoms with Crippen molar-refractivity contribution >= 4 is 27.8 Å². The van der Waals surface area contributed by atoms with Crippen molar-refractivity contribution in [2.45, 2.75) is 25.4 Å². The summed E-state index contributed by atoms with van der Waals surface area (Å²) in [6.07, 6.45) is 4.65. The van der Waals surface area contributed by atoms with E-state index in [0.29, 0.717) is 29.4 Å². The van der Waals surface area contributed by atoms with Crippen LogP contribution >= 0.6 is 0 Å². The zero-order valence-electron chi connectivity index (χ0n) is 19.9. The van der Waals surface area contributed by atoms with Gasteiger partial charge >= 0.3 is 6.18 Å². The number of carbonyl (C=O) groups is 1. The van der Waals surface area contributed by atoms with Gasteiger partial charge in [0.1, 0.15) is 0 Å². The minimum Gasteiger partial charge on any atom is -0.395 e. The van der Waals surface area contributed by atoms with E-state index in [0.717, 1.165) is 47.7 Å². The lowest BCUT2D eigenvalue weighted by Gasteiger charge is -2.28. The average molecular weight is 497 g/mol. The van der Waals surface area contributed by atoms with Gasteiger partial charge in [0.2, 0.25) is 0 Å². The third-order valence-electron chi connectivity index (χ3n) is 6.76. The van der Waals surface area contributed by atoms with Crippen LogP contribution in [0.3, 0.4) is 0 Å². The molecule has 2 aromatic carbocycles. The number of benzene rings is 2. The molecule has 1 aliphatic rings. The van der Waals surface area contributed by atoms with Gasteiger partial charge < -0.3 is 10.0 Å². The van der Waals surface area contributed by atoms with Crippen molar-refractivity contribution in [2.24, 2.45) is 13.0 Å². The molecule has 0 saturated carbocycles. The van der Waals surface area contributed by atoms with E-state index in [1.54, 1.807) is 27.3 Å². The number of carbonyl (C=O) groups excluding carboxylic acids is 1. The van der Waals surface area contributed by atoms with E-state index in [-0.39, 0.29) is 19.1 Å². The lowest BCUT2D eigenvalue weighted by Crippen LogP contribution is -2.37. The Morgan fingerprint density at radius 3 is 2.58 bits per heavy atom. The predicted molar refractivity (Wildman–Crippen MR) is 132 cm³/mol. The summed E-state index contributed by atoms with van der Waals surface area (Å²) >= 11 is 0. The van der Waals surface area contributed by atoms with Crippen LogP contribution < -0.4 is 0 Å². The number of aliphatic hydroxyl groups is 1. The van der Waals surface area contributed by atoms with Gasteiger partial charge in [-0.15, -0.1) is 0 Å². The lowest BCUT2D eigenvalue weighted by molar-refractivity contribution is -0.137. The number of amides is 1. The first-order valence-electron chi connectivity index (χ1n) is 12.0. The van der Waals surface area contributed by atoms with E-state index in [4.69, 9.17) is 0 Å². The van der Waals surface area contributed by atoms with Crippen molar-refractivity contribution in [1.29, 1.82) is 0 Å². The van der Waals surface area contributed by atoms with Crippen molar-refractivity contribution < 1.29 is 23.1 Å². The number of hydrogen-bond donors (Lipinski definition) is 1. The quantitative estimate of drug-likeness (QED) is 0.367. The van der Waals surface area contributed by atoms with Gasteiger partial charge in [-0.25, -0.2) is 0 Å². The molecule has 1 unspecified atom stereocenters. The van der Waals surface area contributed by atoms with E-state index in [1.165, 1.54) is 12.1 Å². The van der Waals surface area contributed by atoms with Gasteiger partial charge in [0.05, 0.1) is 17.7 Å². The molecule has 1 aliphatic carbocycles. The Balaban J connectivity index is 1.55. The smallest absolute Gasteiger partial charge is 0.395 e. The molecule has 1 atom stereocenters. The molecular formula is C27H27F3N4O2. The highest BCUT2D eigenvalue weighted by molar-refractivity contribution is 6.10. The monoisotopic (exact) mass is 496 g/mol. The molecule has 5 rings (SSSR count). The van der Waals surface area contributed by atoms with Crippen LogP contribution in [0.25, 0.3) is 27.6 Å². The summed E-state index contributed by atoms with van der Waals surface area (Å²) in [5.41, 5.74) is 1.67. The maximum atomic E-state index is 13.5. The number of halogens is 3. The summed E-state index contributed by atoms with van der Waals surface area (Å²) in [5.74, 6) is 0.208. The minimum atomic E-state index is -4.42. The second kappa shape index (κ2) is 9.46. The van der Waals surface area contributed by atoms with Crippen LogP contribution in [0, 0.1) is 5.92 Å². The molecule has 0 saturated heterocycles. The Morgan fingerprint density at radius 1 is 1.14 bits per heavy atom. The van der Waals surface area contributed by atoms with E-state index < -0.39 is 11.7 Å². The van der Waals surface area contributed by atoms with Gasteiger partial charge in [0.25, 0.3) is 5.91 Å². The van der Waals surface area contributed by atoms with E-state index >= 15 is 0 Å². The maximum Gasteiger partial charge on any atom is 0.416 e. The summed E-state index contributed by atoms with van der Waals surface area (Å²) in [6, 6.07) is 10.3. The molecule has 0 aliphatic heterocycles. The van der Waals surface area contributed by atoms with Gasteiger partial charge in [0.15, 0.2) is 5.65 Å². The second-order valence-corrected chi connectivity index (χ2v) is 9.28. The number of hydrogen-bond acceptors (Lipinski definition) is 3. The first kappa shape index (κ1) is 24.1. The lowest BCUT2D eigenvalue weighted by atomic mass is 9.93. The van der Waals surface area contributed by atoms with Crippen LogP contribution in [0.5, 0.6) is 0 Å². The highest BCUT2D eigenvalue weighted by atomic mass is 19.4. The number of alkyl halides is 3. The van der Waals surface area contributed by atoms with Crippen molar-refractivity contribution in [1.82, 2.24) is 19.2 Å². The minimum absolute atomic E-state index is 0.117. The third kappa shape index (κ3) is 4.51. The molecule has 4 aromatic rings. The summed E-state index contributed by atoms with van der Waals surface area (Å²) < 4.78 is 42.7. The Hall–Kier alpha value is -3.59. The number of aliphatic hydroxyl groups excluding tert-OH is 1. The Labute approximate surface area is 206 Å². The summed E-state index contributed by atoms with van der Waals surface area (Å²) in [7, 11) is 1.78. The van der Waals surface area contributed by atoms with Crippen molar-refractivity contribution in [3.63, 3.8) is 0 Å². The zero-order valence-corrected chi connectivity index (χ0v) is 19.9. The standard InChI is InChI=1S/C27H27F3N4O2/c1-32-17-23-22-15-19(26(36)33(13-14-35)16-18-5-3-2-4-6-18)7-12-24(22)34(25(23)31-32)21-10-8-20(9-11-21)27(28,29)30/h2-3,7-12,15,17-18,35H,4-6,13-14,16H2,1H3. The number of allylic oxidation sites excluding steroid dienone is 2. The van der Waals surface area contributed by atoms with Crippen LogP contribution in [0.15, 0.2) is 60.8 Å². The molecule has 2 aromatic heterocycles. The number of aromatic nitrogens is 3. The fourth-order valence-corrected chi connectivity index (χ4v) is 5.00. The normalized spacial score (nSPS) is 16.2. The zero-order chi connectivity index (χ0) is 25.4. The fourth-order valence-electron chi connectivity index (χ4n) is 5.00. The molecule has 36 heavy (non-hydrogen) atoms. The fraction of sp³-hybridized carbons (Fsp3) is 0.333. The van der Waals surface area contributed by atoms with Crippen molar-refractivity contribution in [3.05, 3.63) is 71.9 Å². The van der Waals surface area contributed by atoms with Gasteiger partial charge in [-0.3, -0.25) is 14.0 Å². The van der Waals surface area contributed by atoms with Crippen LogP contribution in [-0.2, 0) is 13.2 Å². The van der Waals surface area contributed by atoms with E-state index in [9.17, 15) is 23.1 Å². The Kier molecular flexibility index (Phi) is 6.34. The topological polar surface area (TPSA) is 63.3 Å². The first-order valence-corrected chi connectivity index (χ1v) is 12.0. The molecule has 6 nitrogen and oxygen atoms in total. The van der Waals surface area contributed by atoms with Crippen molar-refractivity contribution in [2.75, 3.05) is 19.7 Å². The van der Waals surface area contributed by atoms with Gasteiger partial charge in [-0.1, -0.05) is 12.2 Å². The number of nitrogens with zero attached hydrogens (tertiary/aromatic N) is 4. The molecular weight excluding hydrogens is 469 g/mol. The van der Waals surface area contributed by atoms with Gasteiger partial charge in [-0.05, 0) is 67.6 Å². The first-order chi connectivity index (χ1) is 17.3. The molecule has 0 spiro atoms. The molecule has 0 bridgehead atoms. The van der Waals surface area contributed by atoms with Crippen LogP contribution in [0.1, 0.15) is 35.2 Å².